The van der Waals surface area contributed by atoms with Gasteiger partial charge in [-0.15, -0.1) is 10.2 Å². The molecule has 1 aliphatic rings. The Balaban J connectivity index is 1.32. The molecule has 4 rings (SSSR count). The normalized spacial score (nSPS) is 15.6. The quantitative estimate of drug-likeness (QED) is 0.572. The van der Waals surface area contributed by atoms with Crippen LogP contribution in [0.5, 0.6) is 0 Å². The summed E-state index contributed by atoms with van der Waals surface area (Å²) < 4.78 is 18.7. The summed E-state index contributed by atoms with van der Waals surface area (Å²) in [5.41, 5.74) is 1.87. The molecule has 1 aliphatic heterocycles. The van der Waals surface area contributed by atoms with Gasteiger partial charge in [-0.3, -0.25) is 0 Å². The van der Waals surface area contributed by atoms with E-state index in [0.717, 1.165) is 30.4 Å². The maximum atomic E-state index is 13.1. The van der Waals surface area contributed by atoms with Gasteiger partial charge in [-0.25, -0.2) is 9.18 Å². The van der Waals surface area contributed by atoms with Gasteiger partial charge in [0.15, 0.2) is 6.33 Å². The molecule has 0 aliphatic carbocycles. The van der Waals surface area contributed by atoms with Crippen LogP contribution in [-0.2, 0) is 11.2 Å². The van der Waals surface area contributed by atoms with Crippen LogP contribution in [-0.4, -0.2) is 50.9 Å². The minimum atomic E-state index is -0.462. The Morgan fingerprint density at radius 2 is 1.90 bits per heavy atom. The van der Waals surface area contributed by atoms with Gasteiger partial charge < -0.3 is 9.64 Å². The molecule has 1 saturated heterocycles. The number of ether oxygens (including phenoxy) is 1. The maximum absolute atomic E-state index is 13.1. The van der Waals surface area contributed by atoms with E-state index in [1.165, 1.54) is 23.3 Å². The van der Waals surface area contributed by atoms with Crippen molar-refractivity contribution in [2.24, 2.45) is 5.92 Å². The highest BCUT2D eigenvalue weighted by molar-refractivity contribution is 6.31. The summed E-state index contributed by atoms with van der Waals surface area (Å²) in [6.07, 6.45) is 3.61. The molecular formula is C22H23ClFN5O2. The Labute approximate surface area is 184 Å². The molecule has 0 spiro atoms. The number of tetrazole rings is 1. The molecule has 0 radical (unpaired) electrons. The fraction of sp³-hybridized carbons (Fsp3) is 0.364. The van der Waals surface area contributed by atoms with E-state index in [9.17, 15) is 9.18 Å². The first-order valence-electron chi connectivity index (χ1n) is 10.2. The standard InChI is InChI=1S/C22H23ClFN5O2/c23-20-4-2-1-3-19(20)21(29-26-15-25-27-29)14-31-22(30)28-11-9-17(10-12-28)13-16-5-7-18(24)8-6-16/h1-8,15,17,21H,9-14H2. The lowest BCUT2D eigenvalue weighted by Gasteiger charge is -2.31. The third-order valence-corrected chi connectivity index (χ3v) is 5.93. The molecule has 0 saturated carbocycles. The van der Waals surface area contributed by atoms with Gasteiger partial charge in [0.05, 0.1) is 0 Å². The number of piperidine rings is 1. The zero-order valence-corrected chi connectivity index (χ0v) is 17.7. The molecule has 1 amide bonds. The Kier molecular flexibility index (Phi) is 6.76. The molecule has 1 atom stereocenters. The molecule has 162 valence electrons. The first-order chi connectivity index (χ1) is 15.1. The molecule has 1 aromatic heterocycles. The molecular weight excluding hydrogens is 421 g/mol. The highest BCUT2D eigenvalue weighted by Gasteiger charge is 2.26. The molecule has 0 bridgehead atoms. The van der Waals surface area contributed by atoms with Gasteiger partial charge in [0, 0.05) is 23.7 Å². The third-order valence-electron chi connectivity index (χ3n) is 5.58. The van der Waals surface area contributed by atoms with Gasteiger partial charge in [-0.05, 0) is 54.2 Å². The molecule has 3 aromatic rings. The Bertz CT molecular complexity index is 991. The van der Waals surface area contributed by atoms with Crippen molar-refractivity contribution >= 4 is 17.7 Å². The lowest BCUT2D eigenvalue weighted by atomic mass is 9.90. The number of likely N-dealkylation sites (tertiary alicyclic amines) is 1. The topological polar surface area (TPSA) is 73.1 Å². The van der Waals surface area contributed by atoms with Crippen molar-refractivity contribution in [1.82, 2.24) is 25.1 Å². The Morgan fingerprint density at radius 1 is 1.16 bits per heavy atom. The molecule has 2 aromatic carbocycles. The van der Waals surface area contributed by atoms with Crippen molar-refractivity contribution in [3.05, 3.63) is 76.8 Å². The van der Waals surface area contributed by atoms with Gasteiger partial charge in [0.25, 0.3) is 0 Å². The number of benzene rings is 2. The fourth-order valence-corrected chi connectivity index (χ4v) is 4.12. The number of aromatic nitrogens is 4. The second-order valence-corrected chi connectivity index (χ2v) is 8.04. The predicted octanol–water partition coefficient (Wildman–Crippen LogP) is 4.15. The number of rotatable bonds is 6. The van der Waals surface area contributed by atoms with E-state index in [1.54, 1.807) is 11.0 Å². The number of carbonyl (C=O) groups excluding carboxylic acids is 1. The SMILES string of the molecule is O=C(OCC(c1ccccc1Cl)n1ncnn1)N1CCC(Cc2ccc(F)cc2)CC1. The third kappa shape index (κ3) is 5.38. The number of halogens is 2. The van der Waals surface area contributed by atoms with Crippen molar-refractivity contribution in [2.75, 3.05) is 19.7 Å². The Hall–Kier alpha value is -3.00. The van der Waals surface area contributed by atoms with Crippen LogP contribution in [0.4, 0.5) is 9.18 Å². The minimum absolute atomic E-state index is 0.0500. The summed E-state index contributed by atoms with van der Waals surface area (Å²) in [7, 11) is 0. The predicted molar refractivity (Wildman–Crippen MR) is 113 cm³/mol. The van der Waals surface area contributed by atoms with Gasteiger partial charge in [0.1, 0.15) is 18.5 Å². The largest absolute Gasteiger partial charge is 0.447 e. The van der Waals surface area contributed by atoms with E-state index in [1.807, 2.05) is 30.3 Å². The fourth-order valence-electron chi connectivity index (χ4n) is 3.86. The van der Waals surface area contributed by atoms with Crippen LogP contribution in [0.15, 0.2) is 54.9 Å². The van der Waals surface area contributed by atoms with Crippen LogP contribution >= 0.6 is 11.6 Å². The molecule has 2 heterocycles. The second-order valence-electron chi connectivity index (χ2n) is 7.63. The minimum Gasteiger partial charge on any atom is -0.447 e. The lowest BCUT2D eigenvalue weighted by molar-refractivity contribution is 0.0775. The van der Waals surface area contributed by atoms with Crippen molar-refractivity contribution in [3.63, 3.8) is 0 Å². The molecule has 9 heteroatoms. The lowest BCUT2D eigenvalue weighted by Crippen LogP contribution is -2.40. The van der Waals surface area contributed by atoms with Crippen LogP contribution in [0.3, 0.4) is 0 Å². The number of hydrogen-bond donors (Lipinski definition) is 0. The molecule has 0 N–H and O–H groups in total. The highest BCUT2D eigenvalue weighted by Crippen LogP contribution is 2.26. The second kappa shape index (κ2) is 9.87. The van der Waals surface area contributed by atoms with E-state index in [4.69, 9.17) is 16.3 Å². The van der Waals surface area contributed by atoms with Crippen molar-refractivity contribution in [3.8, 4) is 0 Å². The van der Waals surface area contributed by atoms with Crippen LogP contribution in [0.1, 0.15) is 30.0 Å². The van der Waals surface area contributed by atoms with Crippen LogP contribution in [0, 0.1) is 11.7 Å². The summed E-state index contributed by atoms with van der Waals surface area (Å²) in [5, 5.41) is 12.3. The Morgan fingerprint density at radius 3 is 2.58 bits per heavy atom. The number of amides is 1. The summed E-state index contributed by atoms with van der Waals surface area (Å²) in [6, 6.07) is 13.5. The molecule has 1 unspecified atom stereocenters. The maximum Gasteiger partial charge on any atom is 0.409 e. The van der Waals surface area contributed by atoms with Crippen molar-refractivity contribution < 1.29 is 13.9 Å². The first kappa shape index (κ1) is 21.2. The molecule has 1 fully saturated rings. The van der Waals surface area contributed by atoms with Crippen LogP contribution < -0.4 is 0 Å². The van der Waals surface area contributed by atoms with Gasteiger partial charge in [-0.2, -0.15) is 4.80 Å². The van der Waals surface area contributed by atoms with E-state index >= 15 is 0 Å². The zero-order valence-electron chi connectivity index (χ0n) is 16.9. The summed E-state index contributed by atoms with van der Waals surface area (Å²) in [4.78, 5) is 15.8. The van der Waals surface area contributed by atoms with Crippen molar-refractivity contribution in [2.45, 2.75) is 25.3 Å². The van der Waals surface area contributed by atoms with E-state index in [2.05, 4.69) is 15.4 Å². The first-order valence-corrected chi connectivity index (χ1v) is 10.6. The van der Waals surface area contributed by atoms with E-state index < -0.39 is 6.04 Å². The highest BCUT2D eigenvalue weighted by atomic mass is 35.5. The average molecular weight is 444 g/mol. The number of hydrogen-bond acceptors (Lipinski definition) is 5. The average Bonchev–Trinajstić information content (AvgIpc) is 3.32. The smallest absolute Gasteiger partial charge is 0.409 e. The molecule has 31 heavy (non-hydrogen) atoms. The monoisotopic (exact) mass is 443 g/mol. The summed E-state index contributed by atoms with van der Waals surface area (Å²) >= 11 is 6.33. The molecule has 7 nitrogen and oxygen atoms in total. The number of nitrogens with zero attached hydrogens (tertiary/aromatic N) is 5. The van der Waals surface area contributed by atoms with Gasteiger partial charge in [0.2, 0.25) is 0 Å². The summed E-state index contributed by atoms with van der Waals surface area (Å²) in [6.45, 7) is 1.31. The van der Waals surface area contributed by atoms with Gasteiger partial charge >= 0.3 is 6.09 Å². The zero-order chi connectivity index (χ0) is 21.6. The number of carbonyl (C=O) groups is 1. The van der Waals surface area contributed by atoms with Crippen LogP contribution in [0.2, 0.25) is 5.02 Å². The van der Waals surface area contributed by atoms with Crippen LogP contribution in [0.25, 0.3) is 0 Å². The van der Waals surface area contributed by atoms with Crippen molar-refractivity contribution in [1.29, 1.82) is 0 Å². The van der Waals surface area contributed by atoms with E-state index in [-0.39, 0.29) is 18.5 Å². The summed E-state index contributed by atoms with van der Waals surface area (Å²) in [5.74, 6) is 0.238. The van der Waals surface area contributed by atoms with E-state index in [0.29, 0.717) is 24.0 Å². The van der Waals surface area contributed by atoms with Gasteiger partial charge in [-0.1, -0.05) is 41.9 Å².